The topological polar surface area (TPSA) is 62.1 Å². The summed E-state index contributed by atoms with van der Waals surface area (Å²) in [7, 11) is 3.00. The van der Waals surface area contributed by atoms with Crippen molar-refractivity contribution in [2.24, 2.45) is 4.99 Å². The monoisotopic (exact) mass is 396 g/mol. The molecule has 6 nitrogen and oxygen atoms in total. The summed E-state index contributed by atoms with van der Waals surface area (Å²) in [6, 6.07) is 10.9. The number of hydrogen-bond acceptors (Lipinski definition) is 5. The van der Waals surface area contributed by atoms with Crippen LogP contribution in [0, 0.1) is 12.3 Å². The van der Waals surface area contributed by atoms with Crippen LogP contribution in [0.15, 0.2) is 41.4 Å². The molecule has 0 bridgehead atoms. The molecule has 0 fully saturated rings. The normalized spacial score (nSPS) is 11.3. The minimum absolute atomic E-state index is 0.263. The first-order valence-electron chi connectivity index (χ1n) is 8.63. The van der Waals surface area contributed by atoms with E-state index in [-0.39, 0.29) is 12.1 Å². The molecule has 0 aliphatic carbocycles. The zero-order chi connectivity index (χ0) is 20.1. The van der Waals surface area contributed by atoms with E-state index in [1.165, 1.54) is 25.6 Å². The Morgan fingerprint density at radius 3 is 2.39 bits per heavy atom. The fraction of sp³-hybridized carbons (Fsp3) is 0.238. The molecule has 3 aromatic rings. The molecule has 0 aliphatic rings. The highest BCUT2D eigenvalue weighted by Crippen LogP contribution is 2.30. The molecule has 2 aromatic carbocycles. The third-order valence-corrected chi connectivity index (χ3v) is 5.10. The molecule has 0 radical (unpaired) electrons. The van der Waals surface area contributed by atoms with Crippen molar-refractivity contribution in [1.29, 1.82) is 0 Å². The van der Waals surface area contributed by atoms with Crippen LogP contribution in [0.4, 0.5) is 0 Å². The average Bonchev–Trinajstić information content (AvgIpc) is 3.05. The number of carbonyl (C=O) groups excluding carboxylic acids is 1. The summed E-state index contributed by atoms with van der Waals surface area (Å²) in [6.45, 7) is 2.70. The summed E-state index contributed by atoms with van der Waals surface area (Å²) in [6.07, 6.45) is 5.56. The first-order chi connectivity index (χ1) is 13.6. The van der Waals surface area contributed by atoms with Gasteiger partial charge in [0.1, 0.15) is 28.3 Å². The molecule has 28 heavy (non-hydrogen) atoms. The van der Waals surface area contributed by atoms with E-state index in [4.69, 9.17) is 20.6 Å². The summed E-state index contributed by atoms with van der Waals surface area (Å²) in [5.41, 5.74) is 1.09. The largest absolute Gasteiger partial charge is 0.496 e. The lowest BCUT2D eigenvalue weighted by molar-refractivity contribution is 0.0992. The molecule has 0 spiro atoms. The van der Waals surface area contributed by atoms with Gasteiger partial charge in [-0.05, 0) is 31.2 Å². The van der Waals surface area contributed by atoms with Gasteiger partial charge in [-0.1, -0.05) is 29.4 Å². The molecule has 1 aromatic heterocycles. The number of hydrogen-bond donors (Lipinski definition) is 0. The van der Waals surface area contributed by atoms with Crippen LogP contribution in [-0.2, 0) is 6.54 Å². The number of terminal acetylenes is 1. The number of thiazole rings is 1. The fourth-order valence-corrected chi connectivity index (χ4v) is 3.94. The molecule has 1 heterocycles. The number of aromatic nitrogens is 1. The van der Waals surface area contributed by atoms with Crippen LogP contribution in [-0.4, -0.2) is 31.3 Å². The van der Waals surface area contributed by atoms with E-state index < -0.39 is 5.91 Å². The molecular formula is C21H20N2O4S. The Hall–Kier alpha value is -3.24. The van der Waals surface area contributed by atoms with Crippen LogP contribution in [0.1, 0.15) is 17.3 Å². The van der Waals surface area contributed by atoms with Gasteiger partial charge in [-0.15, -0.1) is 6.42 Å². The predicted molar refractivity (Wildman–Crippen MR) is 109 cm³/mol. The molecule has 0 atom stereocenters. The lowest BCUT2D eigenvalue weighted by Crippen LogP contribution is -2.17. The van der Waals surface area contributed by atoms with Crippen molar-refractivity contribution in [3.8, 4) is 29.6 Å². The van der Waals surface area contributed by atoms with Crippen molar-refractivity contribution >= 4 is 27.5 Å². The minimum Gasteiger partial charge on any atom is -0.496 e. The Bertz CT molecular complexity index is 1100. The van der Waals surface area contributed by atoms with Crippen LogP contribution in [0.25, 0.3) is 10.2 Å². The molecule has 0 unspecified atom stereocenters. The van der Waals surface area contributed by atoms with Gasteiger partial charge >= 0.3 is 0 Å². The molecular weight excluding hydrogens is 376 g/mol. The van der Waals surface area contributed by atoms with Crippen molar-refractivity contribution in [2.75, 3.05) is 20.8 Å². The third kappa shape index (κ3) is 3.59. The zero-order valence-corrected chi connectivity index (χ0v) is 16.7. The van der Waals surface area contributed by atoms with E-state index >= 15 is 0 Å². The highest BCUT2D eigenvalue weighted by atomic mass is 32.1. The highest BCUT2D eigenvalue weighted by Gasteiger charge is 2.19. The van der Waals surface area contributed by atoms with E-state index in [0.29, 0.717) is 28.7 Å². The van der Waals surface area contributed by atoms with E-state index in [0.717, 1.165) is 10.2 Å². The van der Waals surface area contributed by atoms with Crippen LogP contribution < -0.4 is 19.0 Å². The Kier molecular flexibility index (Phi) is 6.02. The quantitative estimate of drug-likeness (QED) is 0.599. The van der Waals surface area contributed by atoms with Crippen molar-refractivity contribution in [1.82, 2.24) is 4.57 Å². The summed E-state index contributed by atoms with van der Waals surface area (Å²) >= 11 is 1.37. The number of fused-ring (bicyclic) bond motifs is 1. The zero-order valence-electron chi connectivity index (χ0n) is 15.9. The van der Waals surface area contributed by atoms with Crippen LogP contribution >= 0.6 is 11.3 Å². The number of rotatable bonds is 6. The average molecular weight is 396 g/mol. The predicted octanol–water partition coefficient (Wildman–Crippen LogP) is 3.49. The number of para-hydroxylation sites is 1. The summed E-state index contributed by atoms with van der Waals surface area (Å²) in [4.78, 5) is 17.8. The van der Waals surface area contributed by atoms with E-state index in [9.17, 15) is 4.79 Å². The highest BCUT2D eigenvalue weighted by molar-refractivity contribution is 7.16. The van der Waals surface area contributed by atoms with Gasteiger partial charge in [0.05, 0.1) is 32.1 Å². The first-order valence-corrected chi connectivity index (χ1v) is 9.44. The molecule has 7 heteroatoms. The van der Waals surface area contributed by atoms with Gasteiger partial charge in [-0.2, -0.15) is 4.99 Å². The Morgan fingerprint density at radius 2 is 1.79 bits per heavy atom. The van der Waals surface area contributed by atoms with Gasteiger partial charge in [-0.25, -0.2) is 0 Å². The molecule has 1 amide bonds. The van der Waals surface area contributed by atoms with Crippen molar-refractivity contribution < 1.29 is 19.0 Å². The van der Waals surface area contributed by atoms with E-state index in [1.54, 1.807) is 18.2 Å². The van der Waals surface area contributed by atoms with Crippen LogP contribution in [0.2, 0.25) is 0 Å². The van der Waals surface area contributed by atoms with E-state index in [2.05, 4.69) is 10.9 Å². The number of ether oxygens (including phenoxy) is 3. The second-order valence-electron chi connectivity index (χ2n) is 5.67. The molecule has 0 saturated carbocycles. The Morgan fingerprint density at radius 1 is 1.14 bits per heavy atom. The van der Waals surface area contributed by atoms with Gasteiger partial charge in [0, 0.05) is 0 Å². The lowest BCUT2D eigenvalue weighted by Gasteiger charge is -2.10. The summed E-state index contributed by atoms with van der Waals surface area (Å²) in [5.74, 6) is 3.65. The van der Waals surface area contributed by atoms with Gasteiger partial charge in [0.25, 0.3) is 5.91 Å². The fourth-order valence-electron chi connectivity index (χ4n) is 2.90. The van der Waals surface area contributed by atoms with Gasteiger partial charge < -0.3 is 18.8 Å². The van der Waals surface area contributed by atoms with Gasteiger partial charge in [0.15, 0.2) is 4.80 Å². The number of amides is 1. The molecule has 144 valence electrons. The Balaban J connectivity index is 2.23. The van der Waals surface area contributed by atoms with Crippen molar-refractivity contribution in [3.63, 3.8) is 0 Å². The number of carbonyl (C=O) groups is 1. The van der Waals surface area contributed by atoms with Crippen molar-refractivity contribution in [2.45, 2.75) is 13.5 Å². The molecule has 0 N–H and O–H groups in total. The maximum Gasteiger partial charge on any atom is 0.287 e. The smallest absolute Gasteiger partial charge is 0.287 e. The first kappa shape index (κ1) is 19.5. The minimum atomic E-state index is -0.468. The summed E-state index contributed by atoms with van der Waals surface area (Å²) < 4.78 is 19.1. The lowest BCUT2D eigenvalue weighted by atomic mass is 10.1. The second-order valence-corrected chi connectivity index (χ2v) is 6.67. The number of nitrogens with zero attached hydrogens (tertiary/aromatic N) is 2. The van der Waals surface area contributed by atoms with Gasteiger partial charge in [-0.3, -0.25) is 4.79 Å². The SMILES string of the molecule is C#CCn1c(=NC(=O)c2c(OC)cccc2OC)sc2cccc(OCC)c21. The summed E-state index contributed by atoms with van der Waals surface area (Å²) in [5, 5.41) is 0. The second kappa shape index (κ2) is 8.63. The van der Waals surface area contributed by atoms with E-state index in [1.807, 2.05) is 29.7 Å². The number of methoxy groups -OCH3 is 2. The molecule has 0 aliphatic heterocycles. The van der Waals surface area contributed by atoms with Crippen LogP contribution in [0.3, 0.4) is 0 Å². The standard InChI is InChI=1S/C21H20N2O4S/c1-5-13-23-19-16(27-6-2)11-8-12-17(19)28-21(23)22-20(24)18-14(25-3)9-7-10-15(18)26-4/h1,7-12H,6,13H2,2-4H3. The number of benzene rings is 2. The van der Waals surface area contributed by atoms with Crippen molar-refractivity contribution in [3.05, 3.63) is 46.8 Å². The molecule has 0 saturated heterocycles. The van der Waals surface area contributed by atoms with Gasteiger partial charge in [0.2, 0.25) is 0 Å². The van der Waals surface area contributed by atoms with Crippen LogP contribution in [0.5, 0.6) is 17.2 Å². The maximum absolute atomic E-state index is 13.0. The Labute approximate surface area is 167 Å². The third-order valence-electron chi connectivity index (χ3n) is 4.05. The maximum atomic E-state index is 13.0. The molecule has 3 rings (SSSR count).